The van der Waals surface area contributed by atoms with Gasteiger partial charge in [0.2, 0.25) is 10.0 Å². The van der Waals surface area contributed by atoms with E-state index >= 15 is 0 Å². The second-order valence-corrected chi connectivity index (χ2v) is 8.85. The van der Waals surface area contributed by atoms with Crippen molar-refractivity contribution in [2.45, 2.75) is 6.54 Å². The third kappa shape index (κ3) is 3.62. The smallest absolute Gasteiger partial charge is 0.230 e. The normalized spacial score (nSPS) is 11.9. The third-order valence-corrected chi connectivity index (χ3v) is 5.32. The molecular weight excluding hydrogens is 400 g/mol. The Kier molecular flexibility index (Phi) is 4.25. The van der Waals surface area contributed by atoms with Crippen LogP contribution >= 0.6 is 0 Å². The highest BCUT2D eigenvalue weighted by Gasteiger charge is 2.11. The Hall–Kier alpha value is -3.72. The lowest BCUT2D eigenvalue weighted by molar-refractivity contribution is 0.606. The van der Waals surface area contributed by atoms with Crippen LogP contribution < -0.4 is 4.72 Å². The summed E-state index contributed by atoms with van der Waals surface area (Å²) in [6.45, 7) is 0.670. The van der Waals surface area contributed by atoms with Gasteiger partial charge in [0.05, 0.1) is 29.5 Å². The average molecular weight is 418 g/mol. The number of hydrogen-bond acceptors (Lipinski definition) is 5. The number of benzene rings is 1. The molecule has 0 saturated heterocycles. The van der Waals surface area contributed by atoms with Gasteiger partial charge < -0.3 is 0 Å². The van der Waals surface area contributed by atoms with Gasteiger partial charge in [0.15, 0.2) is 5.65 Å². The molecule has 30 heavy (non-hydrogen) atoms. The largest absolute Gasteiger partial charge is 0.293 e. The number of fused-ring (bicyclic) bond motifs is 2. The van der Waals surface area contributed by atoms with Gasteiger partial charge in [-0.15, -0.1) is 0 Å². The van der Waals surface area contributed by atoms with E-state index in [1.807, 2.05) is 28.9 Å². The third-order valence-electron chi connectivity index (χ3n) is 4.74. The van der Waals surface area contributed by atoms with E-state index in [1.54, 1.807) is 24.5 Å². The van der Waals surface area contributed by atoms with Crippen LogP contribution in [0.3, 0.4) is 0 Å². The summed E-state index contributed by atoms with van der Waals surface area (Å²) >= 11 is 0. The maximum Gasteiger partial charge on any atom is 0.230 e. The van der Waals surface area contributed by atoms with Crippen LogP contribution in [0.5, 0.6) is 0 Å². The van der Waals surface area contributed by atoms with Crippen LogP contribution in [0.25, 0.3) is 33.3 Å². The summed E-state index contributed by atoms with van der Waals surface area (Å²) in [6.07, 6.45) is 4.49. The standard InChI is InChI=1S/C21H18N6O2S/c1-30(28,29)26-20-9-5-16(12-23-20)18-7-8-19-21(24-18)27(25-19)13-14-4-6-17-15(11-14)3-2-10-22-17/h2-12,25H,13H2,1H3,(H,23,26). The van der Waals surface area contributed by atoms with E-state index in [1.165, 1.54) is 0 Å². The van der Waals surface area contributed by atoms with Crippen LogP contribution in [0.2, 0.25) is 0 Å². The van der Waals surface area contributed by atoms with Crippen molar-refractivity contribution in [1.29, 1.82) is 0 Å². The number of aromatic nitrogens is 5. The van der Waals surface area contributed by atoms with Gasteiger partial charge in [0.25, 0.3) is 0 Å². The molecule has 0 bridgehead atoms. The lowest BCUT2D eigenvalue weighted by atomic mass is 10.1. The van der Waals surface area contributed by atoms with E-state index in [2.05, 4.69) is 38.0 Å². The Bertz CT molecular complexity index is 1470. The molecule has 0 aliphatic carbocycles. The van der Waals surface area contributed by atoms with Gasteiger partial charge in [0, 0.05) is 23.3 Å². The summed E-state index contributed by atoms with van der Waals surface area (Å²) < 4.78 is 27.0. The first-order valence-corrected chi connectivity index (χ1v) is 11.2. The summed E-state index contributed by atoms with van der Waals surface area (Å²) in [4.78, 5) is 13.3. The van der Waals surface area contributed by atoms with Crippen LogP contribution in [0.4, 0.5) is 5.82 Å². The summed E-state index contributed by atoms with van der Waals surface area (Å²) in [5.74, 6) is 0.277. The highest BCUT2D eigenvalue weighted by atomic mass is 32.2. The fraction of sp³-hybridized carbons (Fsp3) is 0.0952. The van der Waals surface area contributed by atoms with E-state index in [4.69, 9.17) is 4.98 Å². The maximum atomic E-state index is 11.3. The summed E-state index contributed by atoms with van der Waals surface area (Å²) in [5.41, 5.74) is 5.52. The van der Waals surface area contributed by atoms with Crippen molar-refractivity contribution in [1.82, 2.24) is 24.7 Å². The number of aromatic amines is 1. The molecule has 0 amide bonds. The number of nitrogens with zero attached hydrogens (tertiary/aromatic N) is 4. The molecule has 0 aliphatic rings. The number of H-pyrrole nitrogens is 1. The van der Waals surface area contributed by atoms with E-state index in [0.29, 0.717) is 6.54 Å². The minimum Gasteiger partial charge on any atom is -0.293 e. The first-order valence-electron chi connectivity index (χ1n) is 9.28. The van der Waals surface area contributed by atoms with Crippen molar-refractivity contribution in [3.8, 4) is 11.3 Å². The van der Waals surface area contributed by atoms with Gasteiger partial charge in [-0.3, -0.25) is 19.5 Å². The Balaban J connectivity index is 1.41. The second-order valence-electron chi connectivity index (χ2n) is 7.10. The minimum absolute atomic E-state index is 0.277. The van der Waals surface area contributed by atoms with E-state index in [9.17, 15) is 8.42 Å². The van der Waals surface area contributed by atoms with Crippen molar-refractivity contribution in [2.24, 2.45) is 0 Å². The van der Waals surface area contributed by atoms with E-state index < -0.39 is 10.0 Å². The fourth-order valence-corrected chi connectivity index (χ4v) is 3.86. The molecule has 0 radical (unpaired) electrons. The van der Waals surface area contributed by atoms with Crippen LogP contribution in [-0.2, 0) is 16.6 Å². The number of hydrogen-bond donors (Lipinski definition) is 2. The molecule has 150 valence electrons. The van der Waals surface area contributed by atoms with Gasteiger partial charge in [-0.05, 0) is 48.0 Å². The summed E-state index contributed by atoms with van der Waals surface area (Å²) in [5, 5.41) is 4.40. The van der Waals surface area contributed by atoms with Gasteiger partial charge in [-0.2, -0.15) is 0 Å². The van der Waals surface area contributed by atoms with Crippen LogP contribution in [0.1, 0.15) is 5.56 Å². The van der Waals surface area contributed by atoms with Gasteiger partial charge in [-0.1, -0.05) is 12.1 Å². The van der Waals surface area contributed by atoms with Crippen molar-refractivity contribution in [3.05, 3.63) is 72.6 Å². The Morgan fingerprint density at radius 3 is 2.77 bits per heavy atom. The fourth-order valence-electron chi connectivity index (χ4n) is 3.36. The van der Waals surface area contributed by atoms with Gasteiger partial charge in [-0.25, -0.2) is 18.4 Å². The lowest BCUT2D eigenvalue weighted by Gasteiger charge is -2.17. The van der Waals surface area contributed by atoms with Crippen LogP contribution in [-0.4, -0.2) is 39.4 Å². The Morgan fingerprint density at radius 1 is 1.07 bits per heavy atom. The molecular formula is C21H18N6O2S. The SMILES string of the molecule is CS(=O)(=O)Nc1ccc(-c2ccc3[nH]n(Cc4ccc5ncccc5c4)c3n2)cn1. The van der Waals surface area contributed by atoms with Crippen molar-refractivity contribution in [2.75, 3.05) is 11.0 Å². The molecule has 5 rings (SSSR count). The topological polar surface area (TPSA) is 106 Å². The van der Waals surface area contributed by atoms with E-state index in [0.717, 1.165) is 45.1 Å². The van der Waals surface area contributed by atoms with Crippen molar-refractivity contribution < 1.29 is 8.42 Å². The molecule has 0 unspecified atom stereocenters. The predicted octanol–water partition coefficient (Wildman–Crippen LogP) is 3.39. The maximum absolute atomic E-state index is 11.3. The molecule has 0 saturated carbocycles. The number of anilines is 1. The van der Waals surface area contributed by atoms with Crippen molar-refractivity contribution >= 4 is 37.9 Å². The lowest BCUT2D eigenvalue weighted by Crippen LogP contribution is -2.13. The highest BCUT2D eigenvalue weighted by Crippen LogP contribution is 2.23. The zero-order valence-corrected chi connectivity index (χ0v) is 16.9. The second kappa shape index (κ2) is 6.96. The van der Waals surface area contributed by atoms with Crippen LogP contribution in [0, 0.1) is 0 Å². The zero-order chi connectivity index (χ0) is 20.7. The molecule has 4 heterocycles. The molecule has 1 aromatic carbocycles. The summed E-state index contributed by atoms with van der Waals surface area (Å²) in [7, 11) is -3.36. The van der Waals surface area contributed by atoms with Crippen molar-refractivity contribution in [3.63, 3.8) is 0 Å². The molecule has 2 N–H and O–H groups in total. The number of pyridine rings is 3. The monoisotopic (exact) mass is 418 g/mol. The molecule has 0 atom stereocenters. The minimum atomic E-state index is -3.36. The molecule has 9 heteroatoms. The van der Waals surface area contributed by atoms with Gasteiger partial charge in [0.1, 0.15) is 5.82 Å². The van der Waals surface area contributed by atoms with Gasteiger partial charge >= 0.3 is 0 Å². The first kappa shape index (κ1) is 18.3. The molecule has 0 aliphatic heterocycles. The highest BCUT2D eigenvalue weighted by molar-refractivity contribution is 7.92. The van der Waals surface area contributed by atoms with E-state index in [-0.39, 0.29) is 5.82 Å². The quantitative estimate of drug-likeness (QED) is 0.455. The number of nitrogens with one attached hydrogen (secondary N) is 2. The molecule has 0 fully saturated rings. The van der Waals surface area contributed by atoms with Crippen LogP contribution in [0.15, 0.2) is 67.0 Å². The Labute approximate surface area is 172 Å². The number of sulfonamides is 1. The number of rotatable bonds is 5. The predicted molar refractivity (Wildman–Crippen MR) is 117 cm³/mol. The Morgan fingerprint density at radius 2 is 1.97 bits per heavy atom. The molecule has 4 aromatic heterocycles. The molecule has 8 nitrogen and oxygen atoms in total. The average Bonchev–Trinajstić information content (AvgIpc) is 2.71. The first-order chi connectivity index (χ1) is 14.4. The zero-order valence-electron chi connectivity index (χ0n) is 16.1. The molecule has 5 aromatic rings. The molecule has 0 spiro atoms. The summed E-state index contributed by atoms with van der Waals surface area (Å²) in [6, 6.07) is 17.5.